The van der Waals surface area contributed by atoms with Crippen molar-refractivity contribution in [1.82, 2.24) is 29.7 Å². The molecule has 12 heteroatoms. The minimum Gasteiger partial charge on any atom is -0.337 e. The smallest absolute Gasteiger partial charge is 0.337 e. The van der Waals surface area contributed by atoms with Crippen molar-refractivity contribution in [3.05, 3.63) is 59.7 Å². The molecule has 9 nitrogen and oxygen atoms in total. The summed E-state index contributed by atoms with van der Waals surface area (Å²) in [5.74, 6) is -1.62. The third kappa shape index (κ3) is 4.18. The number of piperazine rings is 1. The van der Waals surface area contributed by atoms with E-state index in [9.17, 15) is 18.0 Å². The molecule has 1 atom stereocenters. The van der Waals surface area contributed by atoms with E-state index >= 15 is 0 Å². The topological polar surface area (TPSA) is 82.8 Å². The fourth-order valence-electron chi connectivity index (χ4n) is 4.12. The maximum Gasteiger partial charge on any atom is 0.341 e. The van der Waals surface area contributed by atoms with Gasteiger partial charge in [0.2, 0.25) is 5.95 Å². The fraction of sp³-hybridized carbons (Fsp3) is 0.318. The normalized spacial score (nSPS) is 18.1. The van der Waals surface area contributed by atoms with E-state index in [-0.39, 0.29) is 11.7 Å². The summed E-state index contributed by atoms with van der Waals surface area (Å²) in [6, 6.07) is 3.97. The summed E-state index contributed by atoms with van der Waals surface area (Å²) >= 11 is 0. The van der Waals surface area contributed by atoms with Gasteiger partial charge in [0.1, 0.15) is 23.0 Å². The number of carbonyl (C=O) groups is 1. The van der Waals surface area contributed by atoms with Crippen LogP contribution in [0.4, 0.5) is 23.9 Å². The fourth-order valence-corrected chi connectivity index (χ4v) is 4.12. The summed E-state index contributed by atoms with van der Waals surface area (Å²) in [7, 11) is 1.74. The quantitative estimate of drug-likeness (QED) is 0.588. The monoisotopic (exact) mass is 470 g/mol. The van der Waals surface area contributed by atoms with Crippen molar-refractivity contribution >= 4 is 18.2 Å². The third-order valence-electron chi connectivity index (χ3n) is 5.82. The molecule has 0 radical (unpaired) electrons. The molecule has 0 aliphatic carbocycles. The van der Waals surface area contributed by atoms with Crippen LogP contribution in [0, 0.1) is 17.5 Å². The molecule has 0 spiro atoms. The molecule has 3 aromatic rings. The lowest BCUT2D eigenvalue weighted by Crippen LogP contribution is -2.52. The first-order valence-electron chi connectivity index (χ1n) is 10.7. The number of nitrogens with zero attached hydrogens (tertiary/aromatic N) is 8. The van der Waals surface area contributed by atoms with Crippen LogP contribution >= 0.6 is 0 Å². The molecule has 1 unspecified atom stereocenters. The van der Waals surface area contributed by atoms with Crippen molar-refractivity contribution in [3.63, 3.8) is 0 Å². The summed E-state index contributed by atoms with van der Waals surface area (Å²) in [4.78, 5) is 25.1. The highest BCUT2D eigenvalue weighted by atomic mass is 19.1. The minimum absolute atomic E-state index is 0.112. The molecule has 2 aliphatic heterocycles. The molecular formula is C22H21F3N8O. The van der Waals surface area contributed by atoms with Gasteiger partial charge >= 0.3 is 6.03 Å². The molecule has 176 valence electrons. The largest absolute Gasteiger partial charge is 0.341 e. The molecule has 0 saturated carbocycles. The first-order valence-corrected chi connectivity index (χ1v) is 10.7. The highest BCUT2D eigenvalue weighted by Crippen LogP contribution is 2.30. The van der Waals surface area contributed by atoms with Gasteiger partial charge in [-0.3, -0.25) is 4.68 Å². The molecule has 1 aromatic carbocycles. The van der Waals surface area contributed by atoms with Crippen molar-refractivity contribution < 1.29 is 18.0 Å². The molecule has 2 amide bonds. The van der Waals surface area contributed by atoms with Crippen LogP contribution < -0.4 is 4.90 Å². The van der Waals surface area contributed by atoms with Crippen LogP contribution in [0.2, 0.25) is 0 Å². The Morgan fingerprint density at radius 3 is 2.47 bits per heavy atom. The van der Waals surface area contributed by atoms with E-state index < -0.39 is 23.5 Å². The second-order valence-corrected chi connectivity index (χ2v) is 8.09. The van der Waals surface area contributed by atoms with E-state index in [1.807, 2.05) is 4.90 Å². The number of aryl methyl sites for hydroxylation is 1. The Morgan fingerprint density at radius 1 is 1.06 bits per heavy atom. The van der Waals surface area contributed by atoms with Crippen LogP contribution in [0.3, 0.4) is 0 Å². The SMILES string of the molecule is Cn1ccc(-c2nc(N3CCN(C(=O)N4N=CCC4c4cc(F)cc(F)c4)CC3)ncc2F)n1. The molecule has 0 N–H and O–H groups in total. The lowest BCUT2D eigenvalue weighted by Gasteiger charge is -2.37. The average Bonchev–Trinajstić information content (AvgIpc) is 3.48. The standard InChI is InChI=1S/C22H21F3N8O/c1-30-5-3-18(29-30)20-17(25)13-26-21(28-20)31-6-8-32(9-7-31)22(34)33-19(2-4-27-33)14-10-15(23)12-16(24)11-14/h3-5,10-13,19H,2,6-9H2,1H3. The molecular weight excluding hydrogens is 449 g/mol. The van der Waals surface area contributed by atoms with Gasteiger partial charge < -0.3 is 9.80 Å². The Labute approximate surface area is 193 Å². The number of rotatable bonds is 3. The number of hydrazone groups is 1. The van der Waals surface area contributed by atoms with Crippen molar-refractivity contribution in [2.75, 3.05) is 31.1 Å². The van der Waals surface area contributed by atoms with Gasteiger partial charge in [-0.05, 0) is 23.8 Å². The number of halogens is 3. The van der Waals surface area contributed by atoms with E-state index in [0.29, 0.717) is 49.8 Å². The van der Waals surface area contributed by atoms with Crippen LogP contribution in [0.25, 0.3) is 11.4 Å². The lowest BCUT2D eigenvalue weighted by molar-refractivity contribution is 0.139. The van der Waals surface area contributed by atoms with E-state index in [1.54, 1.807) is 35.1 Å². The van der Waals surface area contributed by atoms with Gasteiger partial charge in [-0.2, -0.15) is 10.2 Å². The highest BCUT2D eigenvalue weighted by Gasteiger charge is 2.34. The number of hydrogen-bond donors (Lipinski definition) is 0. The zero-order chi connectivity index (χ0) is 23.8. The number of anilines is 1. The maximum atomic E-state index is 14.3. The summed E-state index contributed by atoms with van der Waals surface area (Å²) in [5, 5.41) is 9.61. The Morgan fingerprint density at radius 2 is 1.79 bits per heavy atom. The molecule has 0 bridgehead atoms. The number of benzene rings is 1. The van der Waals surface area contributed by atoms with Crippen molar-refractivity contribution in [3.8, 4) is 11.4 Å². The Kier molecular flexibility index (Phi) is 5.64. The van der Waals surface area contributed by atoms with Crippen LogP contribution in [0.5, 0.6) is 0 Å². The Bertz CT molecular complexity index is 1230. The number of amides is 2. The summed E-state index contributed by atoms with van der Waals surface area (Å²) < 4.78 is 43.2. The van der Waals surface area contributed by atoms with E-state index in [1.165, 1.54) is 17.1 Å². The summed E-state index contributed by atoms with van der Waals surface area (Å²) in [5.41, 5.74) is 0.869. The molecule has 4 heterocycles. The first kappa shape index (κ1) is 21.9. The van der Waals surface area contributed by atoms with Crippen LogP contribution in [-0.2, 0) is 7.05 Å². The van der Waals surface area contributed by atoms with Gasteiger partial charge in [-0.25, -0.2) is 32.9 Å². The summed E-state index contributed by atoms with van der Waals surface area (Å²) in [6.07, 6.45) is 4.75. The zero-order valence-corrected chi connectivity index (χ0v) is 18.3. The molecule has 34 heavy (non-hydrogen) atoms. The molecule has 5 rings (SSSR count). The predicted molar refractivity (Wildman–Crippen MR) is 117 cm³/mol. The lowest BCUT2D eigenvalue weighted by atomic mass is 10.0. The number of hydrogen-bond acceptors (Lipinski definition) is 6. The predicted octanol–water partition coefficient (Wildman–Crippen LogP) is 2.97. The highest BCUT2D eigenvalue weighted by molar-refractivity contribution is 5.78. The first-order chi connectivity index (χ1) is 16.4. The third-order valence-corrected chi connectivity index (χ3v) is 5.82. The maximum absolute atomic E-state index is 14.3. The van der Waals surface area contributed by atoms with Gasteiger partial charge in [0, 0.05) is 58.1 Å². The van der Waals surface area contributed by atoms with Gasteiger partial charge in [-0.1, -0.05) is 0 Å². The van der Waals surface area contributed by atoms with E-state index in [2.05, 4.69) is 20.2 Å². The van der Waals surface area contributed by atoms with Crippen LogP contribution in [0.1, 0.15) is 18.0 Å². The molecule has 2 aromatic heterocycles. The minimum atomic E-state index is -0.702. The number of aromatic nitrogens is 4. The van der Waals surface area contributed by atoms with Crippen molar-refractivity contribution in [2.45, 2.75) is 12.5 Å². The Hall–Kier alpha value is -3.96. The van der Waals surface area contributed by atoms with Crippen LogP contribution in [-0.4, -0.2) is 68.1 Å². The number of urea groups is 1. The number of carbonyl (C=O) groups excluding carboxylic acids is 1. The van der Waals surface area contributed by atoms with Gasteiger partial charge in [0.15, 0.2) is 5.82 Å². The Balaban J connectivity index is 1.27. The van der Waals surface area contributed by atoms with E-state index in [4.69, 9.17) is 0 Å². The average molecular weight is 470 g/mol. The molecule has 1 saturated heterocycles. The van der Waals surface area contributed by atoms with Gasteiger partial charge in [0.25, 0.3) is 0 Å². The van der Waals surface area contributed by atoms with Gasteiger partial charge in [-0.15, -0.1) is 0 Å². The van der Waals surface area contributed by atoms with Gasteiger partial charge in [0.05, 0.1) is 12.2 Å². The summed E-state index contributed by atoms with van der Waals surface area (Å²) in [6.45, 7) is 1.56. The van der Waals surface area contributed by atoms with Crippen molar-refractivity contribution in [2.24, 2.45) is 12.1 Å². The molecule has 1 fully saturated rings. The van der Waals surface area contributed by atoms with Crippen LogP contribution in [0.15, 0.2) is 41.8 Å². The zero-order valence-electron chi connectivity index (χ0n) is 18.3. The second kappa shape index (κ2) is 8.76. The molecule has 2 aliphatic rings. The van der Waals surface area contributed by atoms with E-state index in [0.717, 1.165) is 12.3 Å². The van der Waals surface area contributed by atoms with Crippen molar-refractivity contribution in [1.29, 1.82) is 0 Å². The second-order valence-electron chi connectivity index (χ2n) is 8.09.